The van der Waals surface area contributed by atoms with E-state index in [4.69, 9.17) is 0 Å². The lowest BCUT2D eigenvalue weighted by molar-refractivity contribution is -0.134. The van der Waals surface area contributed by atoms with Crippen molar-refractivity contribution in [3.05, 3.63) is 90.5 Å². The van der Waals surface area contributed by atoms with Gasteiger partial charge in [-0.2, -0.15) is 10.2 Å². The van der Waals surface area contributed by atoms with Gasteiger partial charge in [0.2, 0.25) is 5.91 Å². The fourth-order valence-electron chi connectivity index (χ4n) is 3.70. The van der Waals surface area contributed by atoms with Crippen LogP contribution in [0.2, 0.25) is 0 Å². The standard InChI is InChI=1S/C25H23N5O3/c1-2-25(18-9-5-3-6-10-18)23(32)30(24(33)27-25)17-22(31)26-19-13-15-21(16-14-19)29-28-20-11-7-4-8-12-20/h3-16H,2,17H2,1H3,(H,26,31)(H,27,33). The molecule has 0 bridgehead atoms. The molecule has 3 aromatic carbocycles. The average molecular weight is 441 g/mol. The second kappa shape index (κ2) is 9.44. The maximum absolute atomic E-state index is 13.1. The summed E-state index contributed by atoms with van der Waals surface area (Å²) in [5.41, 5.74) is 1.41. The van der Waals surface area contributed by atoms with Gasteiger partial charge in [0.1, 0.15) is 12.1 Å². The van der Waals surface area contributed by atoms with Crippen LogP contribution in [-0.4, -0.2) is 29.3 Å². The smallest absolute Gasteiger partial charge is 0.325 e. The zero-order valence-corrected chi connectivity index (χ0v) is 18.1. The molecule has 33 heavy (non-hydrogen) atoms. The highest BCUT2D eigenvalue weighted by Crippen LogP contribution is 2.32. The van der Waals surface area contributed by atoms with Crippen molar-refractivity contribution in [2.45, 2.75) is 18.9 Å². The van der Waals surface area contributed by atoms with Gasteiger partial charge >= 0.3 is 6.03 Å². The number of hydrogen-bond acceptors (Lipinski definition) is 5. The molecule has 0 aliphatic carbocycles. The number of anilines is 1. The summed E-state index contributed by atoms with van der Waals surface area (Å²) in [6.45, 7) is 1.44. The first-order valence-electron chi connectivity index (χ1n) is 10.6. The molecular formula is C25H23N5O3. The summed E-state index contributed by atoms with van der Waals surface area (Å²) < 4.78 is 0. The van der Waals surface area contributed by atoms with E-state index in [-0.39, 0.29) is 6.54 Å². The number of nitrogens with zero attached hydrogens (tertiary/aromatic N) is 3. The second-order valence-electron chi connectivity index (χ2n) is 7.58. The van der Waals surface area contributed by atoms with Crippen LogP contribution >= 0.6 is 0 Å². The first-order valence-corrected chi connectivity index (χ1v) is 10.6. The topological polar surface area (TPSA) is 103 Å². The molecule has 166 valence electrons. The van der Waals surface area contributed by atoms with Crippen LogP contribution < -0.4 is 10.6 Å². The van der Waals surface area contributed by atoms with E-state index in [9.17, 15) is 14.4 Å². The molecule has 1 heterocycles. The minimum Gasteiger partial charge on any atom is -0.325 e. The van der Waals surface area contributed by atoms with E-state index in [0.29, 0.717) is 23.4 Å². The molecule has 0 spiro atoms. The van der Waals surface area contributed by atoms with Crippen LogP contribution in [0, 0.1) is 0 Å². The van der Waals surface area contributed by atoms with Crippen LogP contribution in [0.15, 0.2) is 95.2 Å². The van der Waals surface area contributed by atoms with Crippen molar-refractivity contribution >= 4 is 34.9 Å². The summed E-state index contributed by atoms with van der Waals surface area (Å²) in [4.78, 5) is 39.2. The lowest BCUT2D eigenvalue weighted by atomic mass is 9.87. The van der Waals surface area contributed by atoms with E-state index in [1.165, 1.54) is 0 Å². The number of rotatable bonds is 7. The van der Waals surface area contributed by atoms with Crippen molar-refractivity contribution in [3.63, 3.8) is 0 Å². The van der Waals surface area contributed by atoms with Crippen molar-refractivity contribution in [1.29, 1.82) is 0 Å². The Labute approximate surface area is 191 Å². The molecule has 1 saturated heterocycles. The maximum Gasteiger partial charge on any atom is 0.325 e. The summed E-state index contributed by atoms with van der Waals surface area (Å²) in [5.74, 6) is -0.912. The largest absolute Gasteiger partial charge is 0.325 e. The van der Waals surface area contributed by atoms with Gasteiger partial charge in [-0.3, -0.25) is 14.5 Å². The van der Waals surface area contributed by atoms with Gasteiger partial charge in [0.15, 0.2) is 0 Å². The monoisotopic (exact) mass is 441 g/mol. The van der Waals surface area contributed by atoms with Gasteiger partial charge in [0, 0.05) is 5.69 Å². The van der Waals surface area contributed by atoms with E-state index in [1.54, 1.807) is 36.4 Å². The Bertz CT molecular complexity index is 1180. The van der Waals surface area contributed by atoms with Crippen molar-refractivity contribution in [2.24, 2.45) is 10.2 Å². The molecule has 4 rings (SSSR count). The summed E-state index contributed by atoms with van der Waals surface area (Å²) >= 11 is 0. The van der Waals surface area contributed by atoms with E-state index >= 15 is 0 Å². The number of imide groups is 1. The Morgan fingerprint density at radius 2 is 1.45 bits per heavy atom. The lowest BCUT2D eigenvalue weighted by Crippen LogP contribution is -2.44. The fourth-order valence-corrected chi connectivity index (χ4v) is 3.70. The van der Waals surface area contributed by atoms with Crippen LogP contribution in [-0.2, 0) is 15.1 Å². The Kier molecular flexibility index (Phi) is 6.26. The van der Waals surface area contributed by atoms with E-state index in [0.717, 1.165) is 10.6 Å². The summed E-state index contributed by atoms with van der Waals surface area (Å²) in [5, 5.41) is 13.8. The average Bonchev–Trinajstić information content (AvgIpc) is 3.10. The van der Waals surface area contributed by atoms with Crippen LogP contribution in [0.1, 0.15) is 18.9 Å². The van der Waals surface area contributed by atoms with Crippen molar-refractivity contribution in [3.8, 4) is 0 Å². The van der Waals surface area contributed by atoms with Gasteiger partial charge < -0.3 is 10.6 Å². The van der Waals surface area contributed by atoms with Gasteiger partial charge in [-0.05, 0) is 48.4 Å². The molecule has 8 nitrogen and oxygen atoms in total. The quantitative estimate of drug-likeness (QED) is 0.403. The van der Waals surface area contributed by atoms with Gasteiger partial charge in [-0.25, -0.2) is 4.79 Å². The SMILES string of the molecule is CCC1(c2ccccc2)NC(=O)N(CC(=O)Nc2ccc(N=Nc3ccccc3)cc2)C1=O. The number of azo groups is 1. The van der Waals surface area contributed by atoms with Crippen LogP contribution in [0.5, 0.6) is 0 Å². The Morgan fingerprint density at radius 3 is 2.06 bits per heavy atom. The molecule has 3 aromatic rings. The van der Waals surface area contributed by atoms with Crippen LogP contribution in [0.4, 0.5) is 21.9 Å². The first kappa shape index (κ1) is 21.9. The second-order valence-corrected chi connectivity index (χ2v) is 7.58. The number of carbonyl (C=O) groups is 3. The Hall–Kier alpha value is -4.33. The third kappa shape index (κ3) is 4.64. The van der Waals surface area contributed by atoms with Gasteiger partial charge in [0.05, 0.1) is 11.4 Å². The number of carbonyl (C=O) groups excluding carboxylic acids is 3. The van der Waals surface area contributed by atoms with E-state index in [2.05, 4.69) is 20.9 Å². The molecule has 2 N–H and O–H groups in total. The predicted molar refractivity (Wildman–Crippen MR) is 124 cm³/mol. The minimum absolute atomic E-state index is 0.374. The molecular weight excluding hydrogens is 418 g/mol. The molecule has 4 amide bonds. The van der Waals surface area contributed by atoms with Gasteiger partial charge in [0.25, 0.3) is 5.91 Å². The van der Waals surface area contributed by atoms with Crippen molar-refractivity contribution in [1.82, 2.24) is 10.2 Å². The summed E-state index contributed by atoms with van der Waals surface area (Å²) in [6, 6.07) is 24.6. The molecule has 8 heteroatoms. The molecule has 1 fully saturated rings. The third-order valence-corrected chi connectivity index (χ3v) is 5.46. The minimum atomic E-state index is -1.16. The highest BCUT2D eigenvalue weighted by molar-refractivity contribution is 6.10. The number of nitrogens with one attached hydrogen (secondary N) is 2. The van der Waals surface area contributed by atoms with Crippen LogP contribution in [0.3, 0.4) is 0 Å². The highest BCUT2D eigenvalue weighted by Gasteiger charge is 2.51. The van der Waals surface area contributed by atoms with Gasteiger partial charge in [-0.15, -0.1) is 0 Å². The highest BCUT2D eigenvalue weighted by atomic mass is 16.2. The number of amides is 4. The van der Waals surface area contributed by atoms with E-state index in [1.807, 2.05) is 55.5 Å². The Balaban J connectivity index is 1.40. The summed E-state index contributed by atoms with van der Waals surface area (Å²) in [7, 11) is 0. The molecule has 1 unspecified atom stereocenters. The number of hydrogen-bond donors (Lipinski definition) is 2. The van der Waals surface area contributed by atoms with E-state index < -0.39 is 23.4 Å². The zero-order valence-electron chi connectivity index (χ0n) is 18.1. The summed E-state index contributed by atoms with van der Waals surface area (Å²) in [6.07, 6.45) is 0.374. The fraction of sp³-hybridized carbons (Fsp3) is 0.160. The molecule has 0 radical (unpaired) electrons. The first-order chi connectivity index (χ1) is 16.0. The predicted octanol–water partition coefficient (Wildman–Crippen LogP) is 4.90. The molecule has 1 aliphatic rings. The van der Waals surface area contributed by atoms with Crippen LogP contribution in [0.25, 0.3) is 0 Å². The zero-order chi connectivity index (χ0) is 23.3. The van der Waals surface area contributed by atoms with Crippen molar-refractivity contribution in [2.75, 3.05) is 11.9 Å². The molecule has 0 saturated carbocycles. The molecule has 0 aromatic heterocycles. The number of benzene rings is 3. The third-order valence-electron chi connectivity index (χ3n) is 5.46. The molecule has 1 atom stereocenters. The lowest BCUT2D eigenvalue weighted by Gasteiger charge is -2.25. The van der Waals surface area contributed by atoms with Crippen molar-refractivity contribution < 1.29 is 14.4 Å². The maximum atomic E-state index is 13.1. The Morgan fingerprint density at radius 1 is 0.879 bits per heavy atom. The molecule has 1 aliphatic heterocycles. The van der Waals surface area contributed by atoms with Gasteiger partial charge in [-0.1, -0.05) is 55.5 Å². The normalized spacial score (nSPS) is 17.9. The number of urea groups is 1.